The first-order chi connectivity index (χ1) is 16.9. The number of carboxylic acids is 1. The van der Waals surface area contributed by atoms with E-state index in [1.165, 1.54) is 11.8 Å². The van der Waals surface area contributed by atoms with E-state index >= 15 is 0 Å². The smallest absolute Gasteiger partial charge is 0.352 e. The topological polar surface area (TPSA) is 203 Å². The predicted molar refractivity (Wildman–Crippen MR) is 132 cm³/mol. The van der Waals surface area contributed by atoms with Gasteiger partial charge in [-0.3, -0.25) is 19.3 Å². The number of rotatable bonds is 11. The Labute approximate surface area is 214 Å². The molecule has 1 fully saturated rings. The number of amides is 3. The van der Waals surface area contributed by atoms with Crippen LogP contribution in [0.2, 0.25) is 0 Å². The van der Waals surface area contributed by atoms with Crippen LogP contribution in [0.4, 0.5) is 5.13 Å². The second kappa shape index (κ2) is 11.0. The third kappa shape index (κ3) is 6.00. The lowest BCUT2D eigenvalue weighted by atomic mass is 10.0. The van der Waals surface area contributed by atoms with Crippen molar-refractivity contribution in [3.63, 3.8) is 0 Å². The molecule has 0 bridgehead atoms. The van der Waals surface area contributed by atoms with E-state index in [4.69, 9.17) is 16.3 Å². The largest absolute Gasteiger partial charge is 0.477 e. The molecule has 6 N–H and O–H groups in total. The number of fused-ring (bicyclic) bond motifs is 1. The minimum Gasteiger partial charge on any atom is -0.477 e. The van der Waals surface area contributed by atoms with Crippen LogP contribution in [0.1, 0.15) is 12.7 Å². The van der Waals surface area contributed by atoms with Crippen LogP contribution in [-0.2, 0) is 24.0 Å². The first kappa shape index (κ1) is 27.1. The van der Waals surface area contributed by atoms with E-state index in [1.807, 2.05) is 14.1 Å². The number of quaternary nitrogens is 1. The van der Waals surface area contributed by atoms with Crippen molar-refractivity contribution in [3.8, 4) is 0 Å². The fourth-order valence-corrected chi connectivity index (χ4v) is 5.34. The van der Waals surface area contributed by atoms with Crippen molar-refractivity contribution >= 4 is 57.8 Å². The molecule has 2 aliphatic rings. The Bertz CT molecular complexity index is 1160. The van der Waals surface area contributed by atoms with Gasteiger partial charge in [-0.2, -0.15) is 9.36 Å². The van der Waals surface area contributed by atoms with Gasteiger partial charge in [0.1, 0.15) is 23.7 Å². The highest BCUT2D eigenvalue weighted by atomic mass is 32.2. The van der Waals surface area contributed by atoms with Gasteiger partial charge in [0.15, 0.2) is 11.7 Å². The summed E-state index contributed by atoms with van der Waals surface area (Å²) in [7, 11) is 3.64. The summed E-state index contributed by atoms with van der Waals surface area (Å²) in [5, 5.41) is 15.7. The fraction of sp³-hybridized carbons (Fsp3) is 0.450. The maximum atomic E-state index is 12.9. The summed E-state index contributed by atoms with van der Waals surface area (Å²) >= 11 is 2.19. The van der Waals surface area contributed by atoms with Gasteiger partial charge in [-0.15, -0.1) is 11.8 Å². The van der Waals surface area contributed by atoms with Crippen molar-refractivity contribution in [1.29, 1.82) is 0 Å². The number of thioether (sulfide) groups is 1. The molecule has 36 heavy (non-hydrogen) atoms. The molecule has 194 valence electrons. The number of likely N-dealkylation sites (N-methyl/N-ethyl adjacent to an activating group) is 1. The first-order valence-electron chi connectivity index (χ1n) is 10.7. The molecular weight excluding hydrogens is 512 g/mol. The van der Waals surface area contributed by atoms with Crippen LogP contribution < -0.4 is 16.8 Å². The second-order valence-corrected chi connectivity index (χ2v) is 10.4. The highest BCUT2D eigenvalue weighted by molar-refractivity contribution is 8.00. The average molecular weight is 540 g/mol. The van der Waals surface area contributed by atoms with E-state index in [0.717, 1.165) is 16.4 Å². The van der Waals surface area contributed by atoms with Gasteiger partial charge < -0.3 is 31.2 Å². The number of carboxylic acid groups (broad SMARTS) is 1. The molecule has 0 aromatic carbocycles. The average Bonchev–Trinajstić information content (AvgIpc) is 3.21. The molecule has 3 heterocycles. The molecule has 1 aromatic heterocycles. The third-order valence-electron chi connectivity index (χ3n) is 5.14. The minimum atomic E-state index is -1.26. The summed E-state index contributed by atoms with van der Waals surface area (Å²) < 4.78 is 4.25. The third-order valence-corrected chi connectivity index (χ3v) is 6.99. The molecule has 2 atom stereocenters. The molecule has 0 unspecified atom stereocenters. The van der Waals surface area contributed by atoms with Gasteiger partial charge in [-0.25, -0.2) is 4.79 Å². The zero-order valence-electron chi connectivity index (χ0n) is 19.8. The number of carbonyl (C=O) groups excluding carboxylic acids is 3. The van der Waals surface area contributed by atoms with Gasteiger partial charge in [-0.1, -0.05) is 11.2 Å². The zero-order valence-corrected chi connectivity index (χ0v) is 21.5. The molecule has 0 spiro atoms. The number of allylic oxidation sites excluding steroid dienone is 1. The number of nitrogens with two attached hydrogens (primary N) is 2. The Kier molecular flexibility index (Phi) is 8.31. The maximum Gasteiger partial charge on any atom is 0.352 e. The molecule has 0 saturated carbocycles. The van der Waals surface area contributed by atoms with Gasteiger partial charge in [0.2, 0.25) is 11.5 Å². The Morgan fingerprint density at radius 1 is 1.39 bits per heavy atom. The minimum absolute atomic E-state index is 0.0421. The molecule has 14 nitrogen and oxygen atoms in total. The molecule has 1 saturated heterocycles. The summed E-state index contributed by atoms with van der Waals surface area (Å²) in [6.45, 7) is 2.41. The van der Waals surface area contributed by atoms with Gasteiger partial charge >= 0.3 is 5.97 Å². The second-order valence-electron chi connectivity index (χ2n) is 8.50. The van der Waals surface area contributed by atoms with E-state index < -0.39 is 35.1 Å². The molecule has 0 aliphatic carbocycles. The molecule has 16 heteroatoms. The number of β-lactam (4-membered cyclic amide) rings is 1. The normalized spacial score (nSPS) is 20.2. The molecular formula is C20H27N8O6S2+. The summed E-state index contributed by atoms with van der Waals surface area (Å²) in [5.41, 5.74) is 10.9. The van der Waals surface area contributed by atoms with E-state index in [1.54, 1.807) is 19.1 Å². The number of aliphatic carboxylic acids is 1. The summed E-state index contributed by atoms with van der Waals surface area (Å²) in [4.78, 5) is 59.1. The summed E-state index contributed by atoms with van der Waals surface area (Å²) in [6, 6.07) is -0.976. The summed E-state index contributed by atoms with van der Waals surface area (Å²) in [5.74, 6) is -2.77. The van der Waals surface area contributed by atoms with Crippen LogP contribution in [-0.4, -0.2) is 104 Å². The maximum absolute atomic E-state index is 12.9. The van der Waals surface area contributed by atoms with Crippen molar-refractivity contribution in [1.82, 2.24) is 19.6 Å². The number of nitrogens with one attached hydrogen (secondary N) is 1. The number of carbonyl (C=O) groups is 4. The number of hydrogen-bond acceptors (Lipinski definition) is 11. The number of primary amides is 1. The molecule has 3 amide bonds. The van der Waals surface area contributed by atoms with Crippen molar-refractivity contribution in [3.05, 3.63) is 29.2 Å². The highest BCUT2D eigenvalue weighted by Gasteiger charge is 2.54. The number of oxime groups is 1. The SMILES string of the molecule is CCO/N=C(\C(=O)N[C@@H]1C(=O)N2C(C(=O)O)=C(/C=C/C[N+](C)(C)CC(N)=O)CS[C@H]12)c1nsc(N)n1. The van der Waals surface area contributed by atoms with Gasteiger partial charge in [0, 0.05) is 17.3 Å². The highest BCUT2D eigenvalue weighted by Crippen LogP contribution is 2.40. The van der Waals surface area contributed by atoms with Crippen molar-refractivity contribution in [2.45, 2.75) is 18.3 Å². The number of nitrogen functional groups attached to an aromatic ring is 1. The Morgan fingerprint density at radius 3 is 2.69 bits per heavy atom. The van der Waals surface area contributed by atoms with Gasteiger partial charge in [0.25, 0.3) is 17.7 Å². The Hall–Kier alpha value is -3.50. The number of hydrogen-bond donors (Lipinski definition) is 4. The number of anilines is 1. The quantitative estimate of drug-likeness (QED) is 0.113. The predicted octanol–water partition coefficient (Wildman–Crippen LogP) is -1.28. The zero-order chi connectivity index (χ0) is 26.6. The van der Waals surface area contributed by atoms with E-state index in [9.17, 15) is 24.3 Å². The van der Waals surface area contributed by atoms with E-state index in [-0.39, 0.29) is 35.5 Å². The van der Waals surface area contributed by atoms with Crippen molar-refractivity contribution in [2.24, 2.45) is 10.9 Å². The monoisotopic (exact) mass is 539 g/mol. The lowest BCUT2D eigenvalue weighted by Gasteiger charge is -2.49. The molecule has 0 radical (unpaired) electrons. The molecule has 1 aromatic rings. The van der Waals surface area contributed by atoms with Gasteiger partial charge in [-0.05, 0) is 18.6 Å². The lowest BCUT2D eigenvalue weighted by molar-refractivity contribution is -0.876. The summed E-state index contributed by atoms with van der Waals surface area (Å²) in [6.07, 6.45) is 3.38. The number of aromatic nitrogens is 2. The standard InChI is InChI=1S/C20H26N8O6S2/c1-4-34-25-12(15-24-20(22)36-26-15)16(30)23-13-17(31)27-14(19(32)33)10(9-35-18(13)27)6-5-7-28(2,3)8-11(21)29/h5-6,13,18H,4,7-9H2,1-3H3,(H5-,21,22,23,24,26,29,30,32,33)/p+1/b6-5+,25-12-/t13-,18-/m1/s1. The molecule has 3 rings (SSSR count). The van der Waals surface area contributed by atoms with Crippen LogP contribution in [0.3, 0.4) is 0 Å². The Balaban J connectivity index is 1.76. The Morgan fingerprint density at radius 2 is 2.11 bits per heavy atom. The number of nitrogens with zero attached hydrogens (tertiary/aromatic N) is 5. The lowest BCUT2D eigenvalue weighted by Crippen LogP contribution is -2.71. The van der Waals surface area contributed by atoms with E-state index in [2.05, 4.69) is 19.8 Å². The van der Waals surface area contributed by atoms with Crippen LogP contribution in [0.15, 0.2) is 28.6 Å². The van der Waals surface area contributed by atoms with Crippen LogP contribution >= 0.6 is 23.3 Å². The van der Waals surface area contributed by atoms with Crippen molar-refractivity contribution < 1.29 is 33.6 Å². The van der Waals surface area contributed by atoms with Crippen molar-refractivity contribution in [2.75, 3.05) is 45.3 Å². The van der Waals surface area contributed by atoms with Gasteiger partial charge in [0.05, 0.1) is 20.6 Å². The van der Waals surface area contributed by atoms with Crippen LogP contribution in [0.25, 0.3) is 0 Å². The van der Waals surface area contributed by atoms with E-state index in [0.29, 0.717) is 22.4 Å². The molecule has 2 aliphatic heterocycles. The first-order valence-corrected chi connectivity index (χ1v) is 12.6. The fourth-order valence-electron chi connectivity index (χ4n) is 3.59. The van der Waals surface area contributed by atoms with Crippen LogP contribution in [0.5, 0.6) is 0 Å². The van der Waals surface area contributed by atoms with Crippen LogP contribution in [0, 0.1) is 0 Å².